The van der Waals surface area contributed by atoms with Crippen LogP contribution >= 0.6 is 0 Å². The fourth-order valence-electron chi connectivity index (χ4n) is 4.39. The molecule has 2 aliphatic heterocycles. The van der Waals surface area contributed by atoms with Crippen LogP contribution < -0.4 is 14.2 Å². The van der Waals surface area contributed by atoms with Gasteiger partial charge in [-0.3, -0.25) is 9.69 Å². The number of likely N-dealkylation sites (tertiary alicyclic amines) is 1. The van der Waals surface area contributed by atoms with Gasteiger partial charge in [-0.25, -0.2) is 0 Å². The zero-order chi connectivity index (χ0) is 21.1. The molecule has 7 nitrogen and oxygen atoms in total. The molecule has 1 saturated heterocycles. The van der Waals surface area contributed by atoms with E-state index in [9.17, 15) is 10.1 Å². The van der Waals surface area contributed by atoms with Crippen molar-refractivity contribution in [3.05, 3.63) is 53.6 Å². The number of nitrogens with zero attached hydrogens (tertiary/aromatic N) is 2. The van der Waals surface area contributed by atoms with E-state index in [0.717, 1.165) is 16.9 Å². The van der Waals surface area contributed by atoms with Gasteiger partial charge in [-0.2, -0.15) is 5.26 Å². The van der Waals surface area contributed by atoms with Gasteiger partial charge >= 0.3 is 5.97 Å². The van der Waals surface area contributed by atoms with Crippen LogP contribution in [0.1, 0.15) is 30.0 Å². The Hall–Kier alpha value is -3.24. The van der Waals surface area contributed by atoms with Crippen molar-refractivity contribution in [2.24, 2.45) is 5.92 Å². The highest BCUT2D eigenvalue weighted by Gasteiger charge is 2.48. The predicted molar refractivity (Wildman–Crippen MR) is 108 cm³/mol. The van der Waals surface area contributed by atoms with E-state index in [0.29, 0.717) is 24.7 Å². The lowest BCUT2D eigenvalue weighted by atomic mass is 9.82. The largest absolute Gasteiger partial charge is 0.497 e. The molecule has 0 spiro atoms. The number of fused-ring (bicyclic) bond motifs is 1. The molecule has 30 heavy (non-hydrogen) atoms. The Balaban J connectivity index is 1.75. The highest BCUT2D eigenvalue weighted by molar-refractivity contribution is 5.76. The fraction of sp³-hybridized carbons (Fsp3) is 0.391. The highest BCUT2D eigenvalue weighted by atomic mass is 16.7. The minimum Gasteiger partial charge on any atom is -0.497 e. The van der Waals surface area contributed by atoms with Crippen molar-refractivity contribution in [2.45, 2.75) is 18.9 Å². The molecule has 0 unspecified atom stereocenters. The SMILES string of the molecule is CCOC(=O)[C@H]1[C@@H](c2ccc3c(c2)OCO3)CN(CC#N)[C@@H]1c1ccc(OC)cc1. The Morgan fingerprint density at radius 2 is 1.90 bits per heavy atom. The first kappa shape index (κ1) is 20.0. The third-order valence-corrected chi connectivity index (χ3v) is 5.71. The quantitative estimate of drug-likeness (QED) is 0.536. The molecule has 0 amide bonds. The number of esters is 1. The van der Waals surface area contributed by atoms with Crippen LogP contribution in [0.5, 0.6) is 17.2 Å². The minimum atomic E-state index is -0.452. The van der Waals surface area contributed by atoms with E-state index in [1.54, 1.807) is 14.0 Å². The third kappa shape index (κ3) is 3.66. The normalized spacial score (nSPS) is 22.5. The van der Waals surface area contributed by atoms with Crippen molar-refractivity contribution in [2.75, 3.05) is 33.6 Å². The van der Waals surface area contributed by atoms with Crippen LogP contribution in [0.2, 0.25) is 0 Å². The zero-order valence-electron chi connectivity index (χ0n) is 17.0. The molecule has 0 N–H and O–H groups in total. The lowest BCUT2D eigenvalue weighted by Gasteiger charge is -2.26. The molecule has 3 atom stereocenters. The Kier molecular flexibility index (Phi) is 5.77. The van der Waals surface area contributed by atoms with Crippen molar-refractivity contribution in [1.29, 1.82) is 5.26 Å². The molecular formula is C23H24N2O5. The lowest BCUT2D eigenvalue weighted by molar-refractivity contribution is -0.149. The molecule has 0 bridgehead atoms. The first-order valence-corrected chi connectivity index (χ1v) is 9.97. The Morgan fingerprint density at radius 1 is 1.17 bits per heavy atom. The van der Waals surface area contributed by atoms with Gasteiger partial charge in [-0.1, -0.05) is 18.2 Å². The highest BCUT2D eigenvalue weighted by Crippen LogP contribution is 2.48. The molecule has 2 heterocycles. The number of carbonyl (C=O) groups excluding carboxylic acids is 1. The summed E-state index contributed by atoms with van der Waals surface area (Å²) in [7, 11) is 1.61. The minimum absolute atomic E-state index is 0.140. The van der Waals surface area contributed by atoms with Crippen molar-refractivity contribution in [1.82, 2.24) is 4.90 Å². The molecule has 0 radical (unpaired) electrons. The maximum absolute atomic E-state index is 13.1. The number of carbonyl (C=O) groups is 1. The van der Waals surface area contributed by atoms with Gasteiger partial charge in [0.25, 0.3) is 0 Å². The number of hydrogen-bond donors (Lipinski definition) is 0. The van der Waals surface area contributed by atoms with Gasteiger partial charge in [-0.05, 0) is 42.3 Å². The lowest BCUT2D eigenvalue weighted by Crippen LogP contribution is -2.30. The van der Waals surface area contributed by atoms with Crippen LogP contribution in [0, 0.1) is 17.2 Å². The van der Waals surface area contributed by atoms with E-state index < -0.39 is 5.92 Å². The van der Waals surface area contributed by atoms with Gasteiger partial charge in [0.15, 0.2) is 11.5 Å². The van der Waals surface area contributed by atoms with Crippen LogP contribution in [-0.2, 0) is 9.53 Å². The summed E-state index contributed by atoms with van der Waals surface area (Å²) in [5.74, 6) is 1.26. The fourth-order valence-corrected chi connectivity index (χ4v) is 4.39. The van der Waals surface area contributed by atoms with Crippen molar-refractivity contribution in [3.63, 3.8) is 0 Å². The van der Waals surface area contributed by atoms with Crippen molar-refractivity contribution in [3.8, 4) is 23.3 Å². The standard InChI is InChI=1S/C23H24N2O5/c1-3-28-23(26)21-18(16-6-9-19-20(12-16)30-14-29-19)13-25(11-10-24)22(21)15-4-7-17(27-2)8-5-15/h4-9,12,18,21-22H,3,11,13-14H2,1-2H3/t18-,21+,22-/m1/s1. The number of rotatable bonds is 6. The van der Waals surface area contributed by atoms with Crippen LogP contribution in [0.3, 0.4) is 0 Å². The second kappa shape index (κ2) is 8.64. The zero-order valence-corrected chi connectivity index (χ0v) is 17.0. The molecule has 0 aromatic heterocycles. The average Bonchev–Trinajstić information content (AvgIpc) is 3.38. The van der Waals surface area contributed by atoms with E-state index >= 15 is 0 Å². The molecule has 156 valence electrons. The Bertz CT molecular complexity index is 953. The Morgan fingerprint density at radius 3 is 2.60 bits per heavy atom. The van der Waals surface area contributed by atoms with Crippen molar-refractivity contribution >= 4 is 5.97 Å². The summed E-state index contributed by atoms with van der Waals surface area (Å²) in [4.78, 5) is 15.1. The van der Waals surface area contributed by atoms with Crippen LogP contribution in [0.4, 0.5) is 0 Å². The summed E-state index contributed by atoms with van der Waals surface area (Å²) < 4.78 is 21.7. The number of methoxy groups -OCH3 is 1. The third-order valence-electron chi connectivity index (χ3n) is 5.71. The van der Waals surface area contributed by atoms with E-state index in [4.69, 9.17) is 18.9 Å². The number of benzene rings is 2. The number of nitriles is 1. The molecule has 2 aliphatic rings. The van der Waals surface area contributed by atoms with Gasteiger partial charge in [0.05, 0.1) is 32.2 Å². The van der Waals surface area contributed by atoms with Gasteiger partial charge in [0, 0.05) is 18.5 Å². The molecule has 7 heteroatoms. The van der Waals surface area contributed by atoms with Crippen LogP contribution in [0.25, 0.3) is 0 Å². The number of ether oxygens (including phenoxy) is 4. The molecule has 0 aliphatic carbocycles. The van der Waals surface area contributed by atoms with Gasteiger partial charge in [0.2, 0.25) is 6.79 Å². The smallest absolute Gasteiger partial charge is 0.311 e. The molecule has 1 fully saturated rings. The van der Waals surface area contributed by atoms with Crippen molar-refractivity contribution < 1.29 is 23.7 Å². The number of hydrogen-bond acceptors (Lipinski definition) is 7. The first-order valence-electron chi connectivity index (χ1n) is 9.97. The van der Waals surface area contributed by atoms with E-state index in [-0.39, 0.29) is 31.3 Å². The molecule has 2 aromatic rings. The molecule has 4 rings (SSSR count). The second-order valence-corrected chi connectivity index (χ2v) is 7.30. The summed E-state index contributed by atoms with van der Waals surface area (Å²) in [6.45, 7) is 3.08. The Labute approximate surface area is 175 Å². The topological polar surface area (TPSA) is 81.0 Å². The van der Waals surface area contributed by atoms with E-state index in [1.807, 2.05) is 47.4 Å². The summed E-state index contributed by atoms with van der Waals surface area (Å²) in [5, 5.41) is 9.42. The summed E-state index contributed by atoms with van der Waals surface area (Å²) in [5.41, 5.74) is 1.92. The molecule has 0 saturated carbocycles. The maximum Gasteiger partial charge on any atom is 0.311 e. The summed E-state index contributed by atoms with van der Waals surface area (Å²) in [6.07, 6.45) is 0. The summed E-state index contributed by atoms with van der Waals surface area (Å²) >= 11 is 0. The molecular weight excluding hydrogens is 384 g/mol. The van der Waals surface area contributed by atoms with Gasteiger partial charge in [-0.15, -0.1) is 0 Å². The van der Waals surface area contributed by atoms with Gasteiger partial charge < -0.3 is 18.9 Å². The first-order chi connectivity index (χ1) is 14.7. The maximum atomic E-state index is 13.1. The monoisotopic (exact) mass is 408 g/mol. The second-order valence-electron chi connectivity index (χ2n) is 7.30. The van der Waals surface area contributed by atoms with E-state index in [1.165, 1.54) is 0 Å². The summed E-state index contributed by atoms with van der Waals surface area (Å²) in [6, 6.07) is 15.4. The average molecular weight is 408 g/mol. The van der Waals surface area contributed by atoms with Crippen LogP contribution in [-0.4, -0.2) is 44.5 Å². The predicted octanol–water partition coefficient (Wildman–Crippen LogP) is 3.27. The van der Waals surface area contributed by atoms with Gasteiger partial charge in [0.1, 0.15) is 5.75 Å². The van der Waals surface area contributed by atoms with Crippen LogP contribution in [0.15, 0.2) is 42.5 Å². The van der Waals surface area contributed by atoms with E-state index in [2.05, 4.69) is 6.07 Å². The molecule has 2 aromatic carbocycles.